The zero-order valence-electron chi connectivity index (χ0n) is 9.89. The van der Waals surface area contributed by atoms with Gasteiger partial charge in [-0.25, -0.2) is 8.42 Å². The number of nitrogens with zero attached hydrogens (tertiary/aromatic N) is 1. The van der Waals surface area contributed by atoms with Crippen LogP contribution in [0.4, 0.5) is 5.69 Å². The molecule has 0 radical (unpaired) electrons. The summed E-state index contributed by atoms with van der Waals surface area (Å²) < 4.78 is 28.3. The highest BCUT2D eigenvalue weighted by Gasteiger charge is 2.16. The predicted octanol–water partition coefficient (Wildman–Crippen LogP) is 3.72. The van der Waals surface area contributed by atoms with Crippen LogP contribution in [0.5, 0.6) is 0 Å². The maximum absolute atomic E-state index is 12.2. The van der Waals surface area contributed by atoms with Gasteiger partial charge in [0.25, 0.3) is 10.0 Å². The fourth-order valence-corrected chi connectivity index (χ4v) is 3.54. The molecular weight excluding hydrogens is 396 g/mol. The Morgan fingerprint density at radius 3 is 2.63 bits per heavy atom. The zero-order chi connectivity index (χ0) is 14.0. The summed E-state index contributed by atoms with van der Waals surface area (Å²) in [5.41, 5.74) is 1.45. The van der Waals surface area contributed by atoms with Gasteiger partial charge in [-0.2, -0.15) is 0 Å². The van der Waals surface area contributed by atoms with Crippen LogP contribution in [0.15, 0.2) is 50.5 Å². The van der Waals surface area contributed by atoms with E-state index in [4.69, 9.17) is 0 Å². The number of rotatable bonds is 3. The van der Waals surface area contributed by atoms with Crippen LogP contribution in [0.25, 0.3) is 0 Å². The molecule has 0 fully saturated rings. The maximum atomic E-state index is 12.2. The van der Waals surface area contributed by atoms with E-state index >= 15 is 0 Å². The molecule has 1 heterocycles. The van der Waals surface area contributed by atoms with Gasteiger partial charge in [-0.15, -0.1) is 0 Å². The molecule has 0 bridgehead atoms. The van der Waals surface area contributed by atoms with Gasteiger partial charge in [0.2, 0.25) is 0 Å². The lowest BCUT2D eigenvalue weighted by molar-refractivity contribution is 0.600. The third-order valence-corrected chi connectivity index (χ3v) is 5.24. The third-order valence-electron chi connectivity index (χ3n) is 2.43. The second-order valence-corrected chi connectivity index (χ2v) is 7.27. The number of halogens is 2. The lowest BCUT2D eigenvalue weighted by Gasteiger charge is -2.11. The van der Waals surface area contributed by atoms with E-state index in [1.165, 1.54) is 18.5 Å². The highest BCUT2D eigenvalue weighted by molar-refractivity contribution is 9.11. The SMILES string of the molecule is Cc1cccc(NS(=O)(=O)c2cncc(Br)c2)c1Br. The van der Waals surface area contributed by atoms with Crippen molar-refractivity contribution < 1.29 is 8.42 Å². The van der Waals surface area contributed by atoms with Gasteiger partial charge >= 0.3 is 0 Å². The van der Waals surface area contributed by atoms with E-state index in [0.717, 1.165) is 10.0 Å². The Morgan fingerprint density at radius 1 is 1.21 bits per heavy atom. The van der Waals surface area contributed by atoms with Crippen molar-refractivity contribution in [2.75, 3.05) is 4.72 Å². The molecule has 2 rings (SSSR count). The topological polar surface area (TPSA) is 59.1 Å². The second kappa shape index (κ2) is 5.60. The first-order chi connectivity index (χ1) is 8.90. The molecule has 0 aliphatic rings. The molecule has 0 aliphatic carbocycles. The van der Waals surface area contributed by atoms with Crippen LogP contribution in [0.3, 0.4) is 0 Å². The van der Waals surface area contributed by atoms with E-state index in [9.17, 15) is 8.42 Å². The van der Waals surface area contributed by atoms with Gasteiger partial charge < -0.3 is 0 Å². The molecular formula is C12H10Br2N2O2S. The maximum Gasteiger partial charge on any atom is 0.263 e. The Morgan fingerprint density at radius 2 is 1.95 bits per heavy atom. The monoisotopic (exact) mass is 404 g/mol. The van der Waals surface area contributed by atoms with Crippen molar-refractivity contribution in [2.45, 2.75) is 11.8 Å². The molecule has 100 valence electrons. The van der Waals surface area contributed by atoms with Crippen molar-refractivity contribution in [3.63, 3.8) is 0 Å². The Bertz CT molecular complexity index is 717. The standard InChI is InChI=1S/C12H10Br2N2O2S/c1-8-3-2-4-11(12(8)14)16-19(17,18)10-5-9(13)6-15-7-10/h2-7,16H,1H3. The summed E-state index contributed by atoms with van der Waals surface area (Å²) in [6.07, 6.45) is 2.83. The van der Waals surface area contributed by atoms with Crippen molar-refractivity contribution in [1.82, 2.24) is 4.98 Å². The molecule has 0 unspecified atom stereocenters. The van der Waals surface area contributed by atoms with E-state index in [0.29, 0.717) is 10.2 Å². The number of anilines is 1. The summed E-state index contributed by atoms with van der Waals surface area (Å²) in [5.74, 6) is 0. The molecule has 2 aromatic rings. The number of pyridine rings is 1. The van der Waals surface area contributed by atoms with Gasteiger partial charge in [0, 0.05) is 21.3 Å². The molecule has 0 saturated carbocycles. The van der Waals surface area contributed by atoms with Gasteiger partial charge in [0.1, 0.15) is 4.90 Å². The largest absolute Gasteiger partial charge is 0.278 e. The summed E-state index contributed by atoms with van der Waals surface area (Å²) in [6.45, 7) is 1.89. The van der Waals surface area contributed by atoms with Crippen molar-refractivity contribution in [1.29, 1.82) is 0 Å². The van der Waals surface area contributed by atoms with Crippen molar-refractivity contribution >= 4 is 47.6 Å². The van der Waals surface area contributed by atoms with Gasteiger partial charge in [-0.3, -0.25) is 9.71 Å². The average molecular weight is 406 g/mol. The first kappa shape index (κ1) is 14.5. The van der Waals surface area contributed by atoms with Crippen LogP contribution in [0, 0.1) is 6.92 Å². The molecule has 1 N–H and O–H groups in total. The van der Waals surface area contributed by atoms with Crippen LogP contribution >= 0.6 is 31.9 Å². The lowest BCUT2D eigenvalue weighted by atomic mass is 10.2. The minimum absolute atomic E-state index is 0.107. The third kappa shape index (κ3) is 3.34. The summed E-state index contributed by atoms with van der Waals surface area (Å²) in [7, 11) is -3.65. The Labute approximate surface area is 128 Å². The lowest BCUT2D eigenvalue weighted by Crippen LogP contribution is -2.13. The van der Waals surface area contributed by atoms with E-state index < -0.39 is 10.0 Å². The molecule has 19 heavy (non-hydrogen) atoms. The Balaban J connectivity index is 2.39. The van der Waals surface area contributed by atoms with E-state index in [1.807, 2.05) is 13.0 Å². The minimum atomic E-state index is -3.65. The summed E-state index contributed by atoms with van der Waals surface area (Å²) in [6, 6.07) is 6.87. The number of nitrogens with one attached hydrogen (secondary N) is 1. The van der Waals surface area contributed by atoms with Gasteiger partial charge in [0.05, 0.1) is 5.69 Å². The van der Waals surface area contributed by atoms with Gasteiger partial charge in [-0.05, 0) is 56.5 Å². The quantitative estimate of drug-likeness (QED) is 0.846. The van der Waals surface area contributed by atoms with Gasteiger partial charge in [0.15, 0.2) is 0 Å². The van der Waals surface area contributed by atoms with Crippen molar-refractivity contribution in [3.05, 3.63) is 51.2 Å². The predicted molar refractivity (Wildman–Crippen MR) is 81.6 cm³/mol. The highest BCUT2D eigenvalue weighted by Crippen LogP contribution is 2.28. The molecule has 4 nitrogen and oxygen atoms in total. The minimum Gasteiger partial charge on any atom is -0.278 e. The zero-order valence-corrected chi connectivity index (χ0v) is 13.9. The van der Waals surface area contributed by atoms with Crippen LogP contribution in [0.1, 0.15) is 5.56 Å². The molecule has 0 aliphatic heterocycles. The number of benzene rings is 1. The molecule has 0 saturated heterocycles. The number of aromatic nitrogens is 1. The van der Waals surface area contributed by atoms with Crippen LogP contribution in [-0.4, -0.2) is 13.4 Å². The van der Waals surface area contributed by atoms with Crippen LogP contribution in [-0.2, 0) is 10.0 Å². The molecule has 1 aromatic carbocycles. The van der Waals surface area contributed by atoms with Crippen molar-refractivity contribution in [3.8, 4) is 0 Å². The fourth-order valence-electron chi connectivity index (χ4n) is 1.47. The first-order valence-corrected chi connectivity index (χ1v) is 8.35. The van der Waals surface area contributed by atoms with Gasteiger partial charge in [-0.1, -0.05) is 12.1 Å². The number of hydrogen-bond donors (Lipinski definition) is 1. The summed E-state index contributed by atoms with van der Waals surface area (Å²) in [4.78, 5) is 3.96. The van der Waals surface area contributed by atoms with Crippen LogP contribution in [0.2, 0.25) is 0 Å². The van der Waals surface area contributed by atoms with E-state index in [-0.39, 0.29) is 4.90 Å². The van der Waals surface area contributed by atoms with Crippen LogP contribution < -0.4 is 4.72 Å². The smallest absolute Gasteiger partial charge is 0.263 e. The molecule has 0 amide bonds. The molecule has 7 heteroatoms. The Hall–Kier alpha value is -0.920. The summed E-state index contributed by atoms with van der Waals surface area (Å²) in [5, 5.41) is 0. The molecule has 1 aromatic heterocycles. The van der Waals surface area contributed by atoms with E-state index in [2.05, 4.69) is 41.6 Å². The average Bonchev–Trinajstić information content (AvgIpc) is 2.35. The van der Waals surface area contributed by atoms with Crippen molar-refractivity contribution in [2.24, 2.45) is 0 Å². The second-order valence-electron chi connectivity index (χ2n) is 3.88. The Kier molecular flexibility index (Phi) is 4.27. The number of sulfonamides is 1. The normalized spacial score (nSPS) is 11.3. The molecule has 0 atom stereocenters. The highest BCUT2D eigenvalue weighted by atomic mass is 79.9. The fraction of sp³-hybridized carbons (Fsp3) is 0.0833. The first-order valence-electron chi connectivity index (χ1n) is 5.28. The molecule has 0 spiro atoms. The number of aryl methyl sites for hydroxylation is 1. The summed E-state index contributed by atoms with van der Waals surface area (Å²) >= 11 is 6.57. The number of hydrogen-bond acceptors (Lipinski definition) is 3. The van der Waals surface area contributed by atoms with E-state index in [1.54, 1.807) is 12.1 Å².